The van der Waals surface area contributed by atoms with Crippen LogP contribution < -0.4 is 15.0 Å². The molecule has 0 aliphatic heterocycles. The molecule has 17 heavy (non-hydrogen) atoms. The Bertz CT molecular complexity index is 562. The molecule has 1 amide bonds. The molecule has 3 N–H and O–H groups in total. The quantitative estimate of drug-likeness (QED) is 0.737. The number of aromatic amines is 1. The minimum atomic E-state index is -0.579. The van der Waals surface area contributed by atoms with Crippen LogP contribution in [-0.2, 0) is 0 Å². The number of H-pyrrole nitrogens is 1. The van der Waals surface area contributed by atoms with E-state index in [9.17, 15) is 4.79 Å². The van der Waals surface area contributed by atoms with Gasteiger partial charge < -0.3 is 10.5 Å². The number of ether oxygens (including phenoxy) is 1. The fraction of sp³-hybridized carbons (Fsp3) is 0.182. The zero-order valence-electron chi connectivity index (χ0n) is 9.60. The molecule has 2 heterocycles. The molecular formula is C11H13N4O2+. The van der Waals surface area contributed by atoms with Crippen LogP contribution >= 0.6 is 0 Å². The van der Waals surface area contributed by atoms with Crippen LogP contribution in [0.5, 0.6) is 5.88 Å². The van der Waals surface area contributed by atoms with E-state index in [-0.39, 0.29) is 5.69 Å². The summed E-state index contributed by atoms with van der Waals surface area (Å²) in [6.07, 6.45) is 3.67. The Morgan fingerprint density at radius 2 is 2.29 bits per heavy atom. The van der Waals surface area contributed by atoms with Crippen molar-refractivity contribution in [2.45, 2.75) is 6.92 Å². The predicted molar refractivity (Wildman–Crippen MR) is 59.9 cm³/mol. The summed E-state index contributed by atoms with van der Waals surface area (Å²) in [5.74, 6) is -0.226. The van der Waals surface area contributed by atoms with Gasteiger partial charge in [-0.1, -0.05) is 0 Å². The molecule has 0 atom stereocenters. The number of nitrogens with two attached hydrogens (primary N) is 1. The summed E-state index contributed by atoms with van der Waals surface area (Å²) in [7, 11) is 1.50. The van der Waals surface area contributed by atoms with Crippen LogP contribution in [0.4, 0.5) is 0 Å². The van der Waals surface area contributed by atoms with Crippen molar-refractivity contribution in [2.24, 2.45) is 5.73 Å². The molecule has 0 bridgehead atoms. The Labute approximate surface area is 98.1 Å². The van der Waals surface area contributed by atoms with Gasteiger partial charge in [-0.25, -0.2) is 9.97 Å². The van der Waals surface area contributed by atoms with Crippen LogP contribution in [0, 0.1) is 6.92 Å². The first-order valence-corrected chi connectivity index (χ1v) is 5.03. The predicted octanol–water partition coefficient (Wildman–Crippen LogP) is 0.102. The number of aromatic nitrogens is 3. The molecule has 0 fully saturated rings. The first-order valence-electron chi connectivity index (χ1n) is 5.03. The number of aryl methyl sites for hydroxylation is 1. The van der Waals surface area contributed by atoms with Gasteiger partial charge in [0.2, 0.25) is 6.33 Å². The monoisotopic (exact) mass is 233 g/mol. The lowest BCUT2D eigenvalue weighted by atomic mass is 10.3. The molecule has 2 aromatic rings. The molecule has 0 aliphatic carbocycles. The number of nitrogens with one attached hydrogen (secondary N) is 1. The van der Waals surface area contributed by atoms with Gasteiger partial charge in [0.05, 0.1) is 7.11 Å². The third kappa shape index (κ3) is 2.10. The lowest BCUT2D eigenvalue weighted by Crippen LogP contribution is -2.28. The maximum absolute atomic E-state index is 11.0. The van der Waals surface area contributed by atoms with E-state index in [0.29, 0.717) is 5.88 Å². The normalized spacial score (nSPS) is 10.2. The van der Waals surface area contributed by atoms with E-state index in [4.69, 9.17) is 10.5 Å². The molecule has 0 saturated carbocycles. The maximum Gasteiger partial charge on any atom is 0.267 e. The highest BCUT2D eigenvalue weighted by molar-refractivity contribution is 5.91. The Morgan fingerprint density at radius 1 is 1.53 bits per heavy atom. The first-order chi connectivity index (χ1) is 8.11. The summed E-state index contributed by atoms with van der Waals surface area (Å²) < 4.78 is 6.97. The van der Waals surface area contributed by atoms with Crippen LogP contribution in [0.15, 0.2) is 24.7 Å². The fourth-order valence-corrected chi connectivity index (χ4v) is 1.51. The van der Waals surface area contributed by atoms with Crippen molar-refractivity contribution < 1.29 is 14.1 Å². The summed E-state index contributed by atoms with van der Waals surface area (Å²) in [4.78, 5) is 18.1. The van der Waals surface area contributed by atoms with E-state index in [1.807, 2.05) is 17.7 Å². The molecule has 6 heteroatoms. The zero-order chi connectivity index (χ0) is 12.4. The molecule has 2 aromatic heterocycles. The van der Waals surface area contributed by atoms with Crippen LogP contribution in [-0.4, -0.2) is 23.0 Å². The number of carbonyl (C=O) groups is 1. The van der Waals surface area contributed by atoms with Gasteiger partial charge in [0.1, 0.15) is 17.6 Å². The van der Waals surface area contributed by atoms with Crippen molar-refractivity contribution in [3.63, 3.8) is 0 Å². The molecule has 0 radical (unpaired) electrons. The Hall–Kier alpha value is -2.37. The van der Waals surface area contributed by atoms with Crippen molar-refractivity contribution in [1.29, 1.82) is 0 Å². The van der Waals surface area contributed by atoms with E-state index >= 15 is 0 Å². The number of primary amides is 1. The van der Waals surface area contributed by atoms with E-state index in [2.05, 4.69) is 9.97 Å². The van der Waals surface area contributed by atoms with Crippen LogP contribution in [0.25, 0.3) is 5.69 Å². The van der Waals surface area contributed by atoms with Crippen LogP contribution in [0.1, 0.15) is 16.2 Å². The number of amides is 1. The third-order valence-electron chi connectivity index (χ3n) is 2.33. The summed E-state index contributed by atoms with van der Waals surface area (Å²) in [6, 6.07) is 3.30. The van der Waals surface area contributed by atoms with Crippen molar-refractivity contribution in [3.8, 4) is 11.6 Å². The van der Waals surface area contributed by atoms with Crippen molar-refractivity contribution in [1.82, 2.24) is 9.97 Å². The maximum atomic E-state index is 11.0. The average Bonchev–Trinajstić information content (AvgIpc) is 2.74. The molecule has 0 saturated heterocycles. The SMILES string of the molecule is COc1nc(C(N)=O)ccc1-[n+]1c[nH]c(C)c1. The van der Waals surface area contributed by atoms with Gasteiger partial charge in [-0.3, -0.25) is 4.79 Å². The second-order valence-electron chi connectivity index (χ2n) is 3.58. The number of imidazole rings is 1. The van der Waals surface area contributed by atoms with Gasteiger partial charge in [0.25, 0.3) is 11.8 Å². The van der Waals surface area contributed by atoms with Gasteiger partial charge in [0, 0.05) is 6.92 Å². The van der Waals surface area contributed by atoms with E-state index in [1.165, 1.54) is 7.11 Å². The lowest BCUT2D eigenvalue weighted by Gasteiger charge is -2.04. The van der Waals surface area contributed by atoms with Crippen molar-refractivity contribution in [2.75, 3.05) is 7.11 Å². The third-order valence-corrected chi connectivity index (χ3v) is 2.33. The minimum absolute atomic E-state index is 0.179. The van der Waals surface area contributed by atoms with Crippen LogP contribution in [0.2, 0.25) is 0 Å². The number of rotatable bonds is 3. The molecule has 88 valence electrons. The number of hydrogen-bond acceptors (Lipinski definition) is 3. The van der Waals surface area contributed by atoms with Gasteiger partial charge in [0.15, 0.2) is 5.69 Å². The van der Waals surface area contributed by atoms with Crippen molar-refractivity contribution >= 4 is 5.91 Å². The zero-order valence-corrected chi connectivity index (χ0v) is 9.60. The number of carbonyl (C=O) groups excluding carboxylic acids is 1. The number of hydrogen-bond donors (Lipinski definition) is 2. The molecule has 2 rings (SSSR count). The highest BCUT2D eigenvalue weighted by Gasteiger charge is 2.15. The summed E-state index contributed by atoms with van der Waals surface area (Å²) >= 11 is 0. The second kappa shape index (κ2) is 4.25. The molecule has 0 aliphatic rings. The molecule has 0 aromatic carbocycles. The van der Waals surface area contributed by atoms with Gasteiger partial charge in [-0.05, 0) is 12.1 Å². The number of nitrogens with zero attached hydrogens (tertiary/aromatic N) is 2. The van der Waals surface area contributed by atoms with Crippen LogP contribution in [0.3, 0.4) is 0 Å². The fourth-order valence-electron chi connectivity index (χ4n) is 1.51. The largest absolute Gasteiger partial charge is 0.478 e. The topological polar surface area (TPSA) is 84.9 Å². The van der Waals surface area contributed by atoms with Gasteiger partial charge >= 0.3 is 0 Å². The highest BCUT2D eigenvalue weighted by atomic mass is 16.5. The molecular weight excluding hydrogens is 220 g/mol. The van der Waals surface area contributed by atoms with Gasteiger partial charge in [-0.15, -0.1) is 0 Å². The number of pyridine rings is 1. The average molecular weight is 233 g/mol. The Morgan fingerprint density at radius 3 is 2.82 bits per heavy atom. The molecule has 6 nitrogen and oxygen atoms in total. The highest BCUT2D eigenvalue weighted by Crippen LogP contribution is 2.15. The Balaban J connectivity index is 2.51. The summed E-state index contributed by atoms with van der Waals surface area (Å²) in [6.45, 7) is 1.94. The smallest absolute Gasteiger partial charge is 0.267 e. The molecule has 0 unspecified atom stereocenters. The van der Waals surface area contributed by atoms with Gasteiger partial charge in [-0.2, -0.15) is 4.57 Å². The summed E-state index contributed by atoms with van der Waals surface area (Å²) in [5, 5.41) is 0. The van der Waals surface area contributed by atoms with E-state index < -0.39 is 5.91 Å². The summed E-state index contributed by atoms with van der Waals surface area (Å²) in [5.41, 5.74) is 7.08. The van der Waals surface area contributed by atoms with Crippen molar-refractivity contribution in [3.05, 3.63) is 36.0 Å². The Kier molecular flexibility index (Phi) is 2.78. The standard InChI is InChI=1S/C11H12N4O2/c1-7-5-15(6-13-7)9-4-3-8(10(12)16)14-11(9)17-2/h3-6H,1-2H3,(H2,12,16)/p+1. The van der Waals surface area contributed by atoms with E-state index in [0.717, 1.165) is 11.4 Å². The lowest BCUT2D eigenvalue weighted by molar-refractivity contribution is -0.595. The minimum Gasteiger partial charge on any atom is -0.478 e. The number of methoxy groups -OCH3 is 1. The first kappa shape index (κ1) is 11.1. The van der Waals surface area contributed by atoms with E-state index in [1.54, 1.807) is 18.5 Å². The molecule has 0 spiro atoms. The second-order valence-corrected chi connectivity index (χ2v) is 3.58.